The Morgan fingerprint density at radius 2 is 2.15 bits per heavy atom. The van der Waals surface area contributed by atoms with Gasteiger partial charge in [0.15, 0.2) is 0 Å². The maximum absolute atomic E-state index is 12.3. The quantitative estimate of drug-likeness (QED) is 0.829. The fourth-order valence-electron chi connectivity index (χ4n) is 2.10. The third kappa shape index (κ3) is 3.10. The Bertz CT molecular complexity index is 607. The van der Waals surface area contributed by atoms with Crippen LogP contribution in [0.5, 0.6) is 0 Å². The molecule has 2 N–H and O–H groups in total. The molecule has 6 nitrogen and oxygen atoms in total. The van der Waals surface area contributed by atoms with Crippen molar-refractivity contribution in [1.29, 1.82) is 0 Å². The number of rotatable bonds is 2. The molecule has 2 heterocycles. The van der Waals surface area contributed by atoms with Gasteiger partial charge in [0.2, 0.25) is 0 Å². The molecule has 1 aromatic rings. The number of nitrogens with one attached hydrogen (secondary N) is 1. The lowest BCUT2D eigenvalue weighted by Crippen LogP contribution is -2.33. The summed E-state index contributed by atoms with van der Waals surface area (Å²) in [6, 6.07) is 0. The molecule has 0 aromatic carbocycles. The molecule has 1 fully saturated rings. The average molecular weight is 294 g/mol. The van der Waals surface area contributed by atoms with E-state index in [0.29, 0.717) is 0 Å². The molecule has 3 unspecified atom stereocenters. The van der Waals surface area contributed by atoms with E-state index in [1.807, 2.05) is 4.98 Å². The van der Waals surface area contributed by atoms with Gasteiger partial charge in [0, 0.05) is 18.2 Å². The van der Waals surface area contributed by atoms with E-state index >= 15 is 0 Å². The number of H-pyrrole nitrogens is 1. The smallest absolute Gasteiger partial charge is 0.390 e. The number of hydrogen-bond donors (Lipinski definition) is 2. The van der Waals surface area contributed by atoms with Crippen LogP contribution in [-0.2, 0) is 4.74 Å². The molecular weight excluding hydrogens is 281 g/mol. The lowest BCUT2D eigenvalue weighted by molar-refractivity contribution is -0.169. The molecular formula is C11H13F3N2O4. The molecule has 3 atom stereocenters. The maximum Gasteiger partial charge on any atom is 0.391 e. The highest BCUT2D eigenvalue weighted by Crippen LogP contribution is 2.34. The van der Waals surface area contributed by atoms with Gasteiger partial charge in [0.1, 0.15) is 6.23 Å². The van der Waals surface area contributed by atoms with Gasteiger partial charge >= 0.3 is 11.9 Å². The van der Waals surface area contributed by atoms with E-state index in [2.05, 4.69) is 0 Å². The summed E-state index contributed by atoms with van der Waals surface area (Å²) in [4.78, 5) is 24.8. The van der Waals surface area contributed by atoms with Crippen LogP contribution in [0.25, 0.3) is 0 Å². The number of aryl methyl sites for hydroxylation is 1. The van der Waals surface area contributed by atoms with E-state index in [-0.39, 0.29) is 12.0 Å². The molecule has 0 bridgehead atoms. The number of aromatic nitrogens is 2. The molecule has 1 aromatic heterocycles. The van der Waals surface area contributed by atoms with E-state index in [1.165, 1.54) is 13.1 Å². The van der Waals surface area contributed by atoms with Crippen LogP contribution in [0.3, 0.4) is 0 Å². The average Bonchev–Trinajstić information content (AvgIpc) is 2.63. The molecule has 0 radical (unpaired) electrons. The standard InChI is InChI=1S/C11H13F3N2O4/c1-5-4-16(10(19)15-9(5)18)8-2-6(17)7(20-8)3-11(12,13)14/h4,6-8,17H,2-3H2,1H3,(H,15,18,19). The van der Waals surface area contributed by atoms with Gasteiger partial charge in [-0.1, -0.05) is 0 Å². The first kappa shape index (κ1) is 14.8. The van der Waals surface area contributed by atoms with Crippen LogP contribution in [0, 0.1) is 6.92 Å². The van der Waals surface area contributed by atoms with Crippen molar-refractivity contribution >= 4 is 0 Å². The molecule has 112 valence electrons. The Kier molecular flexibility index (Phi) is 3.74. The minimum absolute atomic E-state index is 0.147. The van der Waals surface area contributed by atoms with Gasteiger partial charge in [0.25, 0.3) is 5.56 Å². The Hall–Kier alpha value is -1.61. The Labute approximate surface area is 110 Å². The van der Waals surface area contributed by atoms with Crippen LogP contribution < -0.4 is 11.2 Å². The minimum Gasteiger partial charge on any atom is -0.390 e. The highest BCUT2D eigenvalue weighted by molar-refractivity contribution is 5.02. The number of aliphatic hydroxyl groups is 1. The van der Waals surface area contributed by atoms with Crippen LogP contribution in [0.15, 0.2) is 15.8 Å². The summed E-state index contributed by atoms with van der Waals surface area (Å²) in [6.07, 6.45) is -8.46. The van der Waals surface area contributed by atoms with E-state index < -0.39 is 42.3 Å². The fraction of sp³-hybridized carbons (Fsp3) is 0.636. The summed E-state index contributed by atoms with van der Waals surface area (Å²) in [5.74, 6) is 0. The van der Waals surface area contributed by atoms with Crippen LogP contribution in [0.2, 0.25) is 0 Å². The third-order valence-corrected chi connectivity index (χ3v) is 3.09. The summed E-state index contributed by atoms with van der Waals surface area (Å²) < 4.78 is 43.0. The second kappa shape index (κ2) is 5.06. The molecule has 0 aliphatic carbocycles. The monoisotopic (exact) mass is 294 g/mol. The van der Waals surface area contributed by atoms with Crippen molar-refractivity contribution in [2.45, 2.75) is 44.4 Å². The largest absolute Gasteiger partial charge is 0.391 e. The van der Waals surface area contributed by atoms with E-state index in [4.69, 9.17) is 4.74 Å². The highest BCUT2D eigenvalue weighted by atomic mass is 19.4. The van der Waals surface area contributed by atoms with Crippen molar-refractivity contribution in [1.82, 2.24) is 9.55 Å². The zero-order valence-corrected chi connectivity index (χ0v) is 10.5. The van der Waals surface area contributed by atoms with Crippen LogP contribution in [-0.4, -0.2) is 33.0 Å². The number of alkyl halides is 3. The van der Waals surface area contributed by atoms with Crippen molar-refractivity contribution < 1.29 is 23.0 Å². The van der Waals surface area contributed by atoms with Crippen LogP contribution >= 0.6 is 0 Å². The van der Waals surface area contributed by atoms with Crippen molar-refractivity contribution in [3.05, 3.63) is 32.6 Å². The zero-order chi connectivity index (χ0) is 15.1. The summed E-state index contributed by atoms with van der Waals surface area (Å²) in [5, 5.41) is 9.59. The van der Waals surface area contributed by atoms with Crippen LogP contribution in [0.4, 0.5) is 13.2 Å². The topological polar surface area (TPSA) is 84.3 Å². The van der Waals surface area contributed by atoms with Gasteiger partial charge in [-0.2, -0.15) is 13.2 Å². The normalized spacial score (nSPS) is 26.9. The number of ether oxygens (including phenoxy) is 1. The van der Waals surface area contributed by atoms with Crippen molar-refractivity contribution in [2.75, 3.05) is 0 Å². The molecule has 2 rings (SSSR count). The first-order valence-corrected chi connectivity index (χ1v) is 5.90. The number of aliphatic hydroxyl groups excluding tert-OH is 1. The molecule has 0 amide bonds. The molecule has 1 saturated heterocycles. The number of aromatic amines is 1. The van der Waals surface area contributed by atoms with E-state index in [0.717, 1.165) is 4.57 Å². The third-order valence-electron chi connectivity index (χ3n) is 3.09. The van der Waals surface area contributed by atoms with Crippen molar-refractivity contribution in [2.24, 2.45) is 0 Å². The molecule has 1 aliphatic heterocycles. The summed E-state index contributed by atoms with van der Waals surface area (Å²) in [6.45, 7) is 1.45. The number of halogens is 3. The maximum atomic E-state index is 12.3. The van der Waals surface area contributed by atoms with Gasteiger partial charge in [0.05, 0.1) is 18.6 Å². The molecule has 20 heavy (non-hydrogen) atoms. The Balaban J connectivity index is 2.22. The minimum atomic E-state index is -4.47. The van der Waals surface area contributed by atoms with Gasteiger partial charge in [-0.3, -0.25) is 14.3 Å². The Morgan fingerprint density at radius 3 is 2.75 bits per heavy atom. The molecule has 1 aliphatic rings. The predicted octanol–water partition coefficient (Wildman–Crippen LogP) is 0.446. The second-order valence-corrected chi connectivity index (χ2v) is 4.73. The fourth-order valence-corrected chi connectivity index (χ4v) is 2.10. The van der Waals surface area contributed by atoms with E-state index in [9.17, 15) is 27.9 Å². The van der Waals surface area contributed by atoms with Crippen molar-refractivity contribution in [3.63, 3.8) is 0 Å². The van der Waals surface area contributed by atoms with Gasteiger partial charge in [-0.05, 0) is 6.92 Å². The first-order chi connectivity index (χ1) is 9.17. The first-order valence-electron chi connectivity index (χ1n) is 5.90. The zero-order valence-electron chi connectivity index (χ0n) is 10.5. The van der Waals surface area contributed by atoms with Crippen LogP contribution in [0.1, 0.15) is 24.6 Å². The second-order valence-electron chi connectivity index (χ2n) is 4.73. The van der Waals surface area contributed by atoms with Gasteiger partial charge < -0.3 is 9.84 Å². The van der Waals surface area contributed by atoms with Gasteiger partial charge in [-0.25, -0.2) is 4.79 Å². The van der Waals surface area contributed by atoms with Gasteiger partial charge in [-0.15, -0.1) is 0 Å². The number of hydrogen-bond acceptors (Lipinski definition) is 4. The predicted molar refractivity (Wildman–Crippen MR) is 61.3 cm³/mol. The highest BCUT2D eigenvalue weighted by Gasteiger charge is 2.42. The molecule has 9 heteroatoms. The van der Waals surface area contributed by atoms with Crippen molar-refractivity contribution in [3.8, 4) is 0 Å². The summed E-state index contributed by atoms with van der Waals surface area (Å²) in [5.41, 5.74) is -1.14. The SMILES string of the molecule is Cc1cn(C2CC(O)C(CC(F)(F)F)O2)c(=O)[nH]c1=O. The summed E-state index contributed by atoms with van der Waals surface area (Å²) >= 11 is 0. The lowest BCUT2D eigenvalue weighted by Gasteiger charge is -2.17. The van der Waals surface area contributed by atoms with E-state index in [1.54, 1.807) is 0 Å². The summed E-state index contributed by atoms with van der Waals surface area (Å²) in [7, 11) is 0. The number of nitrogens with zero attached hydrogens (tertiary/aromatic N) is 1. The Morgan fingerprint density at radius 1 is 1.50 bits per heavy atom. The molecule has 0 spiro atoms. The molecule has 0 saturated carbocycles. The lowest BCUT2D eigenvalue weighted by atomic mass is 10.1.